The minimum absolute atomic E-state index is 1.04. The monoisotopic (exact) mass is 154 g/mol. The summed E-state index contributed by atoms with van der Waals surface area (Å²) in [5.74, 6) is 0. The van der Waals surface area contributed by atoms with Gasteiger partial charge in [0, 0.05) is 0 Å². The van der Waals surface area contributed by atoms with Gasteiger partial charge in [0.05, 0.1) is 0 Å². The van der Waals surface area contributed by atoms with Gasteiger partial charge in [-0.1, -0.05) is 0 Å². The first kappa shape index (κ1) is 13.2. The fourth-order valence-electron chi connectivity index (χ4n) is 1.66. The van der Waals surface area contributed by atoms with Gasteiger partial charge < -0.3 is 0 Å². The molecule has 1 saturated carbocycles. The van der Waals surface area contributed by atoms with Gasteiger partial charge in [0.2, 0.25) is 0 Å². The van der Waals surface area contributed by atoms with Crippen LogP contribution in [0.15, 0.2) is 0 Å². The zero-order valence-electron chi connectivity index (χ0n) is 9.23. The van der Waals surface area contributed by atoms with Crippen LogP contribution in [0.2, 0.25) is 9.68 Å². The molecule has 0 unspecified atom stereocenters. The van der Waals surface area contributed by atoms with Crippen molar-refractivity contribution in [1.82, 2.24) is 0 Å². The maximum absolute atomic E-state index is 2.36. The molecule has 0 nitrogen and oxygen atoms in total. The zero-order chi connectivity index (χ0) is 9.23. The number of rotatable bonds is 2. The number of unbranched alkanes of at least 4 members (excludes halogenated alkanes) is 1. The molecule has 0 aromatic rings. The molecule has 0 spiro atoms. The summed E-state index contributed by atoms with van der Waals surface area (Å²) in [4.78, 5) is 0. The second kappa shape index (κ2) is 10.3. The summed E-state index contributed by atoms with van der Waals surface area (Å²) in [5.41, 5.74) is 0. The molecule has 1 aliphatic rings. The van der Waals surface area contributed by atoms with Crippen molar-refractivity contribution in [3.63, 3.8) is 0 Å². The van der Waals surface area contributed by atoms with Gasteiger partial charge in [-0.25, -0.2) is 0 Å². The second-order valence-electron chi connectivity index (χ2n) is 4.10. The predicted octanol–water partition coefficient (Wildman–Crippen LogP) is 3.28. The van der Waals surface area contributed by atoms with Crippen molar-refractivity contribution < 1.29 is 0 Å². The molecule has 12 heavy (non-hydrogen) atoms. The molecular formula is C10H20Li2. The second-order valence-corrected chi connectivity index (χ2v) is 4.10. The van der Waals surface area contributed by atoms with Crippen LogP contribution in [0.5, 0.6) is 0 Å². The standard InChI is InChI=1S/C6H11.C4H9.2Li/c1-2-4-6-5-3-1;1-3-4-2;;/h1H,2-6H2;1,3-4H2,2H3;;. The third kappa shape index (κ3) is 9.28. The van der Waals surface area contributed by atoms with E-state index in [-0.39, 0.29) is 0 Å². The fraction of sp³-hybridized carbons (Fsp3) is 1.00. The van der Waals surface area contributed by atoms with Crippen LogP contribution in [0.4, 0.5) is 0 Å². The maximum atomic E-state index is 2.36. The Morgan fingerprint density at radius 3 is 1.92 bits per heavy atom. The van der Waals surface area contributed by atoms with Crippen LogP contribution < -0.4 is 0 Å². The Kier molecular flexibility index (Phi) is 11.3. The Balaban J connectivity index is 0.000000217. The first-order chi connectivity index (χ1) is 5.81. The Bertz CT molecular complexity index is 75.9. The van der Waals surface area contributed by atoms with E-state index >= 15 is 0 Å². The minimum atomic E-state index is 1.04. The number of hydrogen-bond acceptors (Lipinski definition) is 0. The first-order valence-electron chi connectivity index (χ1n) is 5.81. The molecule has 2 heteroatoms. The fourth-order valence-corrected chi connectivity index (χ4v) is 1.66. The normalized spacial score (nSPS) is 18.4. The molecule has 0 radical (unpaired) electrons. The molecule has 62 valence electrons. The molecule has 0 aromatic heterocycles. The van der Waals surface area contributed by atoms with Crippen molar-refractivity contribution in [2.45, 2.75) is 61.6 Å². The molecule has 0 saturated heterocycles. The Morgan fingerprint density at radius 2 is 1.75 bits per heavy atom. The van der Waals surface area contributed by atoms with Crippen LogP contribution in [0, 0.1) is 0 Å². The molecule has 0 aliphatic heterocycles. The van der Waals surface area contributed by atoms with Gasteiger partial charge in [-0.2, -0.15) is 0 Å². The first-order valence-corrected chi connectivity index (χ1v) is 5.81. The Morgan fingerprint density at radius 1 is 1.17 bits per heavy atom. The van der Waals surface area contributed by atoms with E-state index in [2.05, 4.69) is 42.4 Å². The molecular weight excluding hydrogens is 134 g/mol. The molecule has 1 fully saturated rings. The molecule has 1 rings (SSSR count). The van der Waals surface area contributed by atoms with Crippen molar-refractivity contribution in [1.29, 1.82) is 0 Å². The van der Waals surface area contributed by atoms with Crippen molar-refractivity contribution in [2.24, 2.45) is 0 Å². The van der Waals surface area contributed by atoms with Gasteiger partial charge in [0.1, 0.15) is 0 Å². The predicted molar refractivity (Wildman–Crippen MR) is 58.1 cm³/mol. The van der Waals surface area contributed by atoms with Gasteiger partial charge in [-0.3, -0.25) is 0 Å². The van der Waals surface area contributed by atoms with Crippen LogP contribution >= 0.6 is 0 Å². The summed E-state index contributed by atoms with van der Waals surface area (Å²) in [6.07, 6.45) is 10.2. The summed E-state index contributed by atoms with van der Waals surface area (Å²) in [5, 5.41) is 1.34. The van der Waals surface area contributed by atoms with E-state index < -0.39 is 0 Å². The van der Waals surface area contributed by atoms with E-state index in [1.54, 1.807) is 0 Å². The SMILES string of the molecule is [Li][CH2]CCC.[Li][CH]1CCCCC1. The van der Waals surface area contributed by atoms with E-state index in [0.717, 1.165) is 4.59 Å². The average molecular weight is 154 g/mol. The topological polar surface area (TPSA) is 0 Å². The van der Waals surface area contributed by atoms with Gasteiger partial charge in [-0.15, -0.1) is 0 Å². The molecule has 0 aromatic carbocycles. The van der Waals surface area contributed by atoms with Crippen LogP contribution in [-0.2, 0) is 0 Å². The third-order valence-corrected chi connectivity index (χ3v) is 2.60. The summed E-state index contributed by atoms with van der Waals surface area (Å²) < 4.78 is 1.04. The van der Waals surface area contributed by atoms with Crippen LogP contribution in [0.25, 0.3) is 0 Å². The van der Waals surface area contributed by atoms with E-state index in [1.807, 2.05) is 0 Å². The van der Waals surface area contributed by atoms with E-state index in [9.17, 15) is 0 Å². The molecule has 0 bridgehead atoms. The van der Waals surface area contributed by atoms with Gasteiger partial charge in [0.25, 0.3) is 0 Å². The zero-order valence-corrected chi connectivity index (χ0v) is 9.23. The summed E-state index contributed by atoms with van der Waals surface area (Å²) in [6, 6.07) is 0. The van der Waals surface area contributed by atoms with Crippen molar-refractivity contribution in [2.75, 3.05) is 0 Å². The Hall–Kier alpha value is 1.19. The molecule has 0 amide bonds. The van der Waals surface area contributed by atoms with Crippen LogP contribution in [0.1, 0.15) is 51.9 Å². The van der Waals surface area contributed by atoms with Crippen molar-refractivity contribution in [3.8, 4) is 0 Å². The Labute approximate surface area is 96.7 Å². The average Bonchev–Trinajstić information content (AvgIpc) is 2.08. The molecule has 0 atom stereocenters. The van der Waals surface area contributed by atoms with Gasteiger partial charge in [0.15, 0.2) is 0 Å². The van der Waals surface area contributed by atoms with Crippen molar-refractivity contribution >= 4 is 35.4 Å². The number of hydrogen-bond donors (Lipinski definition) is 0. The van der Waals surface area contributed by atoms with E-state index in [4.69, 9.17) is 0 Å². The van der Waals surface area contributed by atoms with E-state index in [0.29, 0.717) is 0 Å². The van der Waals surface area contributed by atoms with Crippen LogP contribution in [-0.4, -0.2) is 35.4 Å². The quantitative estimate of drug-likeness (QED) is 0.535. The molecule has 0 N–H and O–H groups in total. The van der Waals surface area contributed by atoms with Crippen molar-refractivity contribution in [3.05, 3.63) is 0 Å². The van der Waals surface area contributed by atoms with E-state index in [1.165, 1.54) is 50.0 Å². The third-order valence-electron chi connectivity index (χ3n) is 2.60. The molecule has 0 heterocycles. The summed E-state index contributed by atoms with van der Waals surface area (Å²) in [7, 11) is 0. The summed E-state index contributed by atoms with van der Waals surface area (Å²) >= 11 is 4.57. The van der Waals surface area contributed by atoms with Gasteiger partial charge >= 0.3 is 97.0 Å². The molecule has 1 aliphatic carbocycles. The summed E-state index contributed by atoms with van der Waals surface area (Å²) in [6.45, 7) is 2.21. The van der Waals surface area contributed by atoms with Gasteiger partial charge in [-0.05, 0) is 0 Å². The van der Waals surface area contributed by atoms with Crippen LogP contribution in [0.3, 0.4) is 0 Å².